The van der Waals surface area contributed by atoms with Gasteiger partial charge in [0.1, 0.15) is 17.3 Å². The van der Waals surface area contributed by atoms with Crippen LogP contribution in [0.4, 0.5) is 4.39 Å². The molecule has 0 saturated carbocycles. The molecule has 1 aromatic carbocycles. The highest BCUT2D eigenvalue weighted by Gasteiger charge is 2.23. The van der Waals surface area contributed by atoms with Gasteiger partial charge in [-0.3, -0.25) is 4.68 Å². The molecular weight excluding hydrogens is 311 g/mol. The molecule has 0 atom stereocenters. The predicted molar refractivity (Wildman–Crippen MR) is 88.8 cm³/mol. The predicted octanol–water partition coefficient (Wildman–Crippen LogP) is 3.05. The fourth-order valence-electron chi connectivity index (χ4n) is 2.89. The standard InChI is InChI=1S/C17H17FN4O2/c1-10-6-7-21(2)17(10)15-14(9-19-24)22(3)20-16(15)12-5-4-11(23)8-13(12)18/h4-9,23-24H,1-3H3/b19-9+. The van der Waals surface area contributed by atoms with Crippen molar-refractivity contribution in [2.24, 2.45) is 19.3 Å². The van der Waals surface area contributed by atoms with Crippen molar-refractivity contribution in [3.05, 3.63) is 47.5 Å². The maximum absolute atomic E-state index is 14.4. The van der Waals surface area contributed by atoms with E-state index in [1.165, 1.54) is 23.0 Å². The van der Waals surface area contributed by atoms with E-state index in [0.717, 1.165) is 17.3 Å². The minimum Gasteiger partial charge on any atom is -0.508 e. The fraction of sp³-hybridized carbons (Fsp3) is 0.176. The van der Waals surface area contributed by atoms with Crippen LogP contribution in [0, 0.1) is 12.7 Å². The largest absolute Gasteiger partial charge is 0.508 e. The van der Waals surface area contributed by atoms with E-state index in [4.69, 9.17) is 5.21 Å². The Morgan fingerprint density at radius 1 is 1.25 bits per heavy atom. The molecule has 0 bridgehead atoms. The normalized spacial score (nSPS) is 11.5. The smallest absolute Gasteiger partial charge is 0.136 e. The van der Waals surface area contributed by atoms with Gasteiger partial charge in [-0.25, -0.2) is 4.39 Å². The molecule has 2 heterocycles. The van der Waals surface area contributed by atoms with Gasteiger partial charge in [-0.2, -0.15) is 5.10 Å². The van der Waals surface area contributed by atoms with Gasteiger partial charge in [0.25, 0.3) is 0 Å². The second kappa shape index (κ2) is 5.84. The highest BCUT2D eigenvalue weighted by Crippen LogP contribution is 2.37. The number of aryl methyl sites for hydroxylation is 3. The molecule has 2 aromatic heterocycles. The Bertz CT molecular complexity index is 921. The number of phenols is 1. The van der Waals surface area contributed by atoms with Gasteiger partial charge >= 0.3 is 0 Å². The molecule has 0 unspecified atom stereocenters. The van der Waals surface area contributed by atoms with Crippen LogP contribution in [-0.2, 0) is 14.1 Å². The van der Waals surface area contributed by atoms with Crippen molar-refractivity contribution in [3.63, 3.8) is 0 Å². The molecule has 24 heavy (non-hydrogen) atoms. The van der Waals surface area contributed by atoms with E-state index in [2.05, 4.69) is 10.3 Å². The number of hydrogen-bond acceptors (Lipinski definition) is 4. The van der Waals surface area contributed by atoms with Gasteiger partial charge in [0, 0.05) is 31.9 Å². The van der Waals surface area contributed by atoms with Crippen LogP contribution < -0.4 is 0 Å². The number of phenolic OH excluding ortho intramolecular Hbond substituents is 1. The first-order valence-electron chi connectivity index (χ1n) is 7.29. The van der Waals surface area contributed by atoms with E-state index in [1.54, 1.807) is 7.05 Å². The summed E-state index contributed by atoms with van der Waals surface area (Å²) < 4.78 is 17.8. The summed E-state index contributed by atoms with van der Waals surface area (Å²) in [5.74, 6) is -0.727. The van der Waals surface area contributed by atoms with Gasteiger partial charge in [-0.1, -0.05) is 5.16 Å². The lowest BCUT2D eigenvalue weighted by molar-refractivity contribution is 0.321. The molecule has 0 aliphatic carbocycles. The first-order valence-corrected chi connectivity index (χ1v) is 7.29. The summed E-state index contributed by atoms with van der Waals surface area (Å²) in [6.07, 6.45) is 3.17. The third-order valence-electron chi connectivity index (χ3n) is 3.99. The average molecular weight is 328 g/mol. The van der Waals surface area contributed by atoms with Crippen LogP contribution in [0.25, 0.3) is 22.5 Å². The molecule has 2 N–H and O–H groups in total. The zero-order valence-electron chi connectivity index (χ0n) is 13.5. The van der Waals surface area contributed by atoms with Crippen LogP contribution in [0.15, 0.2) is 35.6 Å². The lowest BCUT2D eigenvalue weighted by Crippen LogP contribution is -2.00. The SMILES string of the molecule is Cc1ccn(C)c1-c1c(-c2ccc(O)cc2F)nn(C)c1/C=N/O. The third-order valence-corrected chi connectivity index (χ3v) is 3.99. The van der Waals surface area contributed by atoms with Gasteiger partial charge in [-0.05, 0) is 30.7 Å². The quantitative estimate of drug-likeness (QED) is 0.441. The number of hydrogen-bond donors (Lipinski definition) is 2. The molecule has 0 aliphatic rings. The molecule has 3 aromatic rings. The molecule has 6 nitrogen and oxygen atoms in total. The summed E-state index contributed by atoms with van der Waals surface area (Å²) >= 11 is 0. The molecule has 0 radical (unpaired) electrons. The number of benzene rings is 1. The molecule has 0 amide bonds. The molecule has 0 saturated heterocycles. The van der Waals surface area contributed by atoms with Crippen LogP contribution in [0.3, 0.4) is 0 Å². The maximum Gasteiger partial charge on any atom is 0.136 e. The Balaban J connectivity index is 2.37. The summed E-state index contributed by atoms with van der Waals surface area (Å²) in [7, 11) is 3.58. The molecule has 0 spiro atoms. The number of aromatic nitrogens is 3. The van der Waals surface area contributed by atoms with Gasteiger partial charge in [0.15, 0.2) is 0 Å². The lowest BCUT2D eigenvalue weighted by atomic mass is 10.0. The Hall–Kier alpha value is -3.09. The molecular formula is C17H17FN4O2. The fourth-order valence-corrected chi connectivity index (χ4v) is 2.89. The Morgan fingerprint density at radius 3 is 2.58 bits per heavy atom. The van der Waals surface area contributed by atoms with Crippen molar-refractivity contribution in [3.8, 4) is 28.3 Å². The number of aromatic hydroxyl groups is 1. The van der Waals surface area contributed by atoms with Crippen molar-refractivity contribution in [1.29, 1.82) is 0 Å². The zero-order chi connectivity index (χ0) is 17.4. The van der Waals surface area contributed by atoms with Gasteiger partial charge in [0.2, 0.25) is 0 Å². The summed E-state index contributed by atoms with van der Waals surface area (Å²) in [6.45, 7) is 1.94. The van der Waals surface area contributed by atoms with Crippen molar-refractivity contribution in [1.82, 2.24) is 14.3 Å². The average Bonchev–Trinajstić information content (AvgIpc) is 3.00. The van der Waals surface area contributed by atoms with Crippen molar-refractivity contribution >= 4 is 6.21 Å². The van der Waals surface area contributed by atoms with Crippen LogP contribution in [0.1, 0.15) is 11.3 Å². The minimum atomic E-state index is -0.575. The Morgan fingerprint density at radius 2 is 2.00 bits per heavy atom. The van der Waals surface area contributed by atoms with E-state index in [-0.39, 0.29) is 11.3 Å². The summed E-state index contributed by atoms with van der Waals surface area (Å²) in [5.41, 5.74) is 3.71. The van der Waals surface area contributed by atoms with E-state index in [1.807, 2.05) is 30.8 Å². The Kier molecular flexibility index (Phi) is 3.84. The van der Waals surface area contributed by atoms with Crippen LogP contribution in [0.2, 0.25) is 0 Å². The van der Waals surface area contributed by atoms with Crippen molar-refractivity contribution in [2.45, 2.75) is 6.92 Å². The first-order chi connectivity index (χ1) is 11.4. The number of oxime groups is 1. The summed E-state index contributed by atoms with van der Waals surface area (Å²) in [4.78, 5) is 0. The molecule has 0 aliphatic heterocycles. The van der Waals surface area contributed by atoms with Crippen LogP contribution >= 0.6 is 0 Å². The molecule has 3 rings (SSSR count). The number of rotatable bonds is 3. The molecule has 0 fully saturated rings. The second-order valence-corrected chi connectivity index (χ2v) is 5.60. The van der Waals surface area contributed by atoms with Crippen LogP contribution in [0.5, 0.6) is 5.75 Å². The monoisotopic (exact) mass is 328 g/mol. The minimum absolute atomic E-state index is 0.152. The molecule has 7 heteroatoms. The van der Waals surface area contributed by atoms with E-state index in [0.29, 0.717) is 17.0 Å². The van der Waals surface area contributed by atoms with E-state index >= 15 is 0 Å². The number of nitrogens with zero attached hydrogens (tertiary/aromatic N) is 4. The van der Waals surface area contributed by atoms with Crippen LogP contribution in [-0.4, -0.2) is 30.9 Å². The second-order valence-electron chi connectivity index (χ2n) is 5.60. The highest BCUT2D eigenvalue weighted by molar-refractivity contribution is 5.95. The summed E-state index contributed by atoms with van der Waals surface area (Å²) in [5, 5.41) is 26.0. The summed E-state index contributed by atoms with van der Waals surface area (Å²) in [6, 6.07) is 5.88. The van der Waals surface area contributed by atoms with Crippen molar-refractivity contribution in [2.75, 3.05) is 0 Å². The molecule has 124 valence electrons. The zero-order valence-corrected chi connectivity index (χ0v) is 13.5. The van der Waals surface area contributed by atoms with E-state index in [9.17, 15) is 9.50 Å². The first kappa shape index (κ1) is 15.8. The van der Waals surface area contributed by atoms with Gasteiger partial charge < -0.3 is 14.9 Å². The lowest BCUT2D eigenvalue weighted by Gasteiger charge is -2.09. The Labute approximate surface area is 138 Å². The maximum atomic E-state index is 14.4. The number of halogens is 1. The topological polar surface area (TPSA) is 75.6 Å². The third kappa shape index (κ3) is 2.44. The van der Waals surface area contributed by atoms with Gasteiger partial charge in [0.05, 0.1) is 23.2 Å². The highest BCUT2D eigenvalue weighted by atomic mass is 19.1. The van der Waals surface area contributed by atoms with Gasteiger partial charge in [-0.15, -0.1) is 0 Å². The van der Waals surface area contributed by atoms with Crippen molar-refractivity contribution < 1.29 is 14.7 Å². The van der Waals surface area contributed by atoms with E-state index < -0.39 is 5.82 Å².